The second-order valence-electron chi connectivity index (χ2n) is 9.84. The van der Waals surface area contributed by atoms with E-state index in [-0.39, 0.29) is 11.9 Å². The molecule has 4 heterocycles. The van der Waals surface area contributed by atoms with Gasteiger partial charge in [0.05, 0.1) is 18.7 Å². The van der Waals surface area contributed by atoms with Crippen molar-refractivity contribution in [1.29, 1.82) is 0 Å². The molecule has 0 saturated carbocycles. The van der Waals surface area contributed by atoms with E-state index in [2.05, 4.69) is 44.2 Å². The number of urea groups is 1. The Morgan fingerprint density at radius 3 is 2.45 bits per heavy atom. The summed E-state index contributed by atoms with van der Waals surface area (Å²) in [6.07, 6.45) is 1.22. The van der Waals surface area contributed by atoms with Crippen LogP contribution in [0.4, 0.5) is 27.8 Å². The van der Waals surface area contributed by atoms with E-state index >= 15 is 0 Å². The lowest BCUT2D eigenvalue weighted by Crippen LogP contribution is -2.54. The number of nitrogens with zero attached hydrogens (tertiary/aromatic N) is 5. The highest BCUT2D eigenvalue weighted by Gasteiger charge is 2.26. The fraction of sp³-hybridized carbons (Fsp3) is 0.267. The smallest absolute Gasteiger partial charge is 0.320 e. The molecule has 2 aromatic carbocycles. The Morgan fingerprint density at radius 1 is 0.929 bits per heavy atom. The van der Waals surface area contributed by atoms with Gasteiger partial charge in [-0.05, 0) is 53.9 Å². The third-order valence-corrected chi connectivity index (χ3v) is 7.99. The number of aromatic nitrogens is 2. The maximum atomic E-state index is 12.8. The van der Waals surface area contributed by atoms with Gasteiger partial charge in [0.25, 0.3) is 0 Å². The molecule has 4 aromatic rings. The molecule has 0 spiro atoms. The first kappa shape index (κ1) is 27.5. The molecule has 2 fully saturated rings. The Kier molecular flexibility index (Phi) is 8.15. The molecule has 0 aliphatic carbocycles. The Hall–Kier alpha value is -4.68. The molecule has 2 saturated heterocycles. The van der Waals surface area contributed by atoms with E-state index in [4.69, 9.17) is 9.47 Å². The van der Waals surface area contributed by atoms with Crippen LogP contribution in [-0.2, 0) is 9.53 Å². The van der Waals surface area contributed by atoms with Crippen LogP contribution in [0, 0.1) is 0 Å². The Balaban J connectivity index is 1.11. The fourth-order valence-corrected chi connectivity index (χ4v) is 5.65. The molecule has 0 atom stereocenters. The molecule has 0 unspecified atom stereocenters. The number of ether oxygens (including phenoxy) is 2. The number of hydrogen-bond acceptors (Lipinski definition) is 9. The number of rotatable bonds is 7. The molecule has 2 aromatic heterocycles. The van der Waals surface area contributed by atoms with Crippen molar-refractivity contribution in [2.45, 2.75) is 0 Å². The van der Waals surface area contributed by atoms with Crippen molar-refractivity contribution in [1.82, 2.24) is 19.8 Å². The zero-order valence-corrected chi connectivity index (χ0v) is 23.8. The standard InChI is InChI=1S/C30H31N7O4S/c1-2-26(38)31-22-4-3-5-24(20-22)41-28-27-25(10-19-42-27)33-29(34-28)32-21-6-8-23(9-7-21)35-11-13-36(14-12-35)30(39)37-15-17-40-18-16-37/h2-10,19-20H,1,11-18H2,(H,31,38)(H,32,33,34). The lowest BCUT2D eigenvalue weighted by atomic mass is 10.2. The number of benzene rings is 2. The SMILES string of the molecule is C=CC(=O)Nc1cccc(Oc2nc(Nc3ccc(N4CCN(C(=O)N5CCOCC5)CC4)cc3)nc3ccsc23)c1. The third-order valence-electron chi connectivity index (χ3n) is 7.09. The Labute approximate surface area is 247 Å². The topological polar surface area (TPSA) is 112 Å². The van der Waals surface area contributed by atoms with Crippen LogP contribution in [0.2, 0.25) is 0 Å². The Bertz CT molecular complexity index is 1580. The van der Waals surface area contributed by atoms with Crippen molar-refractivity contribution in [2.75, 3.05) is 68.0 Å². The van der Waals surface area contributed by atoms with Gasteiger partial charge in [0.2, 0.25) is 17.7 Å². The summed E-state index contributed by atoms with van der Waals surface area (Å²) >= 11 is 1.50. The minimum Gasteiger partial charge on any atom is -0.437 e. The van der Waals surface area contributed by atoms with E-state index in [1.54, 1.807) is 24.3 Å². The van der Waals surface area contributed by atoms with Gasteiger partial charge >= 0.3 is 6.03 Å². The Morgan fingerprint density at radius 2 is 1.69 bits per heavy atom. The summed E-state index contributed by atoms with van der Waals surface area (Å²) in [6, 6.07) is 17.2. The molecule has 12 heteroatoms. The average molecular weight is 586 g/mol. The zero-order valence-electron chi connectivity index (χ0n) is 23.0. The quantitative estimate of drug-likeness (QED) is 0.294. The van der Waals surface area contributed by atoms with E-state index in [0.29, 0.717) is 62.7 Å². The largest absolute Gasteiger partial charge is 0.437 e. The summed E-state index contributed by atoms with van der Waals surface area (Å²) < 4.78 is 12.3. The second-order valence-corrected chi connectivity index (χ2v) is 10.8. The lowest BCUT2D eigenvalue weighted by molar-refractivity contribution is -0.111. The van der Waals surface area contributed by atoms with Gasteiger partial charge in [-0.25, -0.2) is 9.78 Å². The predicted octanol–water partition coefficient (Wildman–Crippen LogP) is 4.93. The molecule has 0 bridgehead atoms. The van der Waals surface area contributed by atoms with Crippen molar-refractivity contribution in [2.24, 2.45) is 0 Å². The number of carbonyl (C=O) groups is 2. The zero-order chi connectivity index (χ0) is 28.9. The minimum atomic E-state index is -0.298. The number of morpholine rings is 1. The summed E-state index contributed by atoms with van der Waals surface area (Å²) in [5.74, 6) is 1.07. The molecule has 6 rings (SSSR count). The number of hydrogen-bond donors (Lipinski definition) is 2. The molecule has 2 N–H and O–H groups in total. The molecule has 42 heavy (non-hydrogen) atoms. The first-order chi connectivity index (χ1) is 20.6. The number of amides is 3. The van der Waals surface area contributed by atoms with Crippen LogP contribution < -0.4 is 20.3 Å². The maximum Gasteiger partial charge on any atom is 0.320 e. The van der Waals surface area contributed by atoms with Crippen LogP contribution in [0.5, 0.6) is 11.6 Å². The molecule has 11 nitrogen and oxygen atoms in total. The van der Waals surface area contributed by atoms with Crippen molar-refractivity contribution < 1.29 is 19.1 Å². The minimum absolute atomic E-state index is 0.107. The molecular weight excluding hydrogens is 554 g/mol. The number of thiophene rings is 1. The van der Waals surface area contributed by atoms with Gasteiger partial charge in [0.1, 0.15) is 10.4 Å². The van der Waals surface area contributed by atoms with Crippen LogP contribution in [0.25, 0.3) is 10.2 Å². The van der Waals surface area contributed by atoms with Gasteiger partial charge in [0, 0.05) is 62.4 Å². The van der Waals surface area contributed by atoms with Crippen molar-refractivity contribution in [3.8, 4) is 11.6 Å². The third kappa shape index (κ3) is 6.29. The van der Waals surface area contributed by atoms with Crippen LogP contribution >= 0.6 is 11.3 Å². The molecule has 2 aliphatic rings. The van der Waals surface area contributed by atoms with Gasteiger partial charge in [-0.1, -0.05) is 12.6 Å². The second kappa shape index (κ2) is 12.5. The summed E-state index contributed by atoms with van der Waals surface area (Å²) in [5, 5.41) is 7.97. The van der Waals surface area contributed by atoms with E-state index < -0.39 is 0 Å². The van der Waals surface area contributed by atoms with Crippen LogP contribution in [0.15, 0.2) is 72.6 Å². The summed E-state index contributed by atoms with van der Waals surface area (Å²) in [7, 11) is 0. The monoisotopic (exact) mass is 585 g/mol. The first-order valence-corrected chi connectivity index (χ1v) is 14.6. The fourth-order valence-electron chi connectivity index (χ4n) is 4.90. The van der Waals surface area contributed by atoms with Crippen molar-refractivity contribution in [3.05, 3.63) is 72.6 Å². The number of fused-ring (bicyclic) bond motifs is 1. The molecule has 3 amide bonds. The van der Waals surface area contributed by atoms with E-state index in [1.165, 1.54) is 17.4 Å². The summed E-state index contributed by atoms with van der Waals surface area (Å²) in [4.78, 5) is 39.9. The number of carbonyl (C=O) groups excluding carboxylic acids is 2. The lowest BCUT2D eigenvalue weighted by Gasteiger charge is -2.39. The van der Waals surface area contributed by atoms with Gasteiger partial charge in [0.15, 0.2) is 0 Å². The van der Waals surface area contributed by atoms with Gasteiger partial charge < -0.3 is 34.8 Å². The molecular formula is C30H31N7O4S. The van der Waals surface area contributed by atoms with Crippen LogP contribution in [0.1, 0.15) is 0 Å². The van der Waals surface area contributed by atoms with Gasteiger partial charge in [-0.3, -0.25) is 4.79 Å². The van der Waals surface area contributed by atoms with Crippen molar-refractivity contribution in [3.63, 3.8) is 0 Å². The number of nitrogens with one attached hydrogen (secondary N) is 2. The van der Waals surface area contributed by atoms with E-state index in [0.717, 1.165) is 34.7 Å². The normalized spacial score (nSPS) is 15.4. The highest BCUT2D eigenvalue weighted by molar-refractivity contribution is 7.17. The number of anilines is 4. The average Bonchev–Trinajstić information content (AvgIpc) is 3.51. The maximum absolute atomic E-state index is 12.8. The summed E-state index contributed by atoms with van der Waals surface area (Å²) in [5.41, 5.74) is 3.30. The first-order valence-electron chi connectivity index (χ1n) is 13.8. The predicted molar refractivity (Wildman–Crippen MR) is 164 cm³/mol. The molecule has 216 valence electrons. The van der Waals surface area contributed by atoms with E-state index in [1.807, 2.05) is 33.4 Å². The van der Waals surface area contributed by atoms with Crippen LogP contribution in [0.3, 0.4) is 0 Å². The molecule has 0 radical (unpaired) electrons. The van der Waals surface area contributed by atoms with Crippen molar-refractivity contribution >= 4 is 56.5 Å². The van der Waals surface area contributed by atoms with Crippen LogP contribution in [-0.4, -0.2) is 84.2 Å². The van der Waals surface area contributed by atoms with Gasteiger partial charge in [-0.15, -0.1) is 11.3 Å². The summed E-state index contributed by atoms with van der Waals surface area (Å²) in [6.45, 7) is 8.96. The number of piperazine rings is 1. The highest BCUT2D eigenvalue weighted by Crippen LogP contribution is 2.34. The van der Waals surface area contributed by atoms with E-state index in [9.17, 15) is 9.59 Å². The molecule has 2 aliphatic heterocycles. The van der Waals surface area contributed by atoms with Gasteiger partial charge in [-0.2, -0.15) is 4.98 Å². The highest BCUT2D eigenvalue weighted by atomic mass is 32.1.